The number of rotatable bonds is 6. The van der Waals surface area contributed by atoms with Gasteiger partial charge >= 0.3 is 6.18 Å². The molecule has 1 aliphatic rings. The quantitative estimate of drug-likeness (QED) is 0.285. The summed E-state index contributed by atoms with van der Waals surface area (Å²) in [5, 5.41) is 3.40. The molecule has 1 N–H and O–H groups in total. The summed E-state index contributed by atoms with van der Waals surface area (Å²) in [5.41, 5.74) is 2.01. The van der Waals surface area contributed by atoms with Crippen molar-refractivity contribution < 1.29 is 22.8 Å². The van der Waals surface area contributed by atoms with E-state index >= 15 is 0 Å². The lowest BCUT2D eigenvalue weighted by molar-refractivity contribution is -0.137. The molecule has 0 saturated carbocycles. The topological polar surface area (TPSA) is 100 Å². The van der Waals surface area contributed by atoms with Gasteiger partial charge in [0, 0.05) is 55.3 Å². The maximum Gasteiger partial charge on any atom is 0.416 e. The molecule has 6 rings (SSSR count). The molecule has 2 aromatic heterocycles. The summed E-state index contributed by atoms with van der Waals surface area (Å²) in [6.07, 6.45) is -4.43. The van der Waals surface area contributed by atoms with Crippen LogP contribution in [0.2, 0.25) is 0 Å². The fourth-order valence-corrected chi connectivity index (χ4v) is 5.37. The SMILES string of the molecule is Cc1nc(N2CCN(C(=O)c3ccccc3)CC2)nc2c1ccc(=O)n2-c1ccc(C(=O)NCc2ccc(C(F)(F)F)cc2)cc1. The molecule has 3 aromatic carbocycles. The van der Waals surface area contributed by atoms with Crippen molar-refractivity contribution in [1.29, 1.82) is 0 Å². The third kappa shape index (κ3) is 6.32. The van der Waals surface area contributed by atoms with Gasteiger partial charge in [-0.05, 0) is 67.1 Å². The molecule has 0 atom stereocenters. The van der Waals surface area contributed by atoms with Crippen LogP contribution in [0.15, 0.2) is 95.8 Å². The number of amides is 2. The van der Waals surface area contributed by atoms with Gasteiger partial charge < -0.3 is 15.1 Å². The number of fused-ring (bicyclic) bond motifs is 1. The normalized spacial score (nSPS) is 13.6. The average Bonchev–Trinajstić information content (AvgIpc) is 3.07. The molecule has 3 heterocycles. The van der Waals surface area contributed by atoms with E-state index < -0.39 is 17.6 Å². The van der Waals surface area contributed by atoms with Crippen molar-refractivity contribution >= 4 is 28.8 Å². The second kappa shape index (κ2) is 12.5. The molecular weight excluding hydrogens is 597 g/mol. The molecule has 2 amide bonds. The second-order valence-electron chi connectivity index (χ2n) is 10.9. The Labute approximate surface area is 261 Å². The minimum absolute atomic E-state index is 0.0265. The third-order valence-electron chi connectivity index (χ3n) is 7.92. The number of anilines is 1. The molecular formula is C34H29F3N6O3. The van der Waals surface area contributed by atoms with Gasteiger partial charge in [0.15, 0.2) is 5.65 Å². The van der Waals surface area contributed by atoms with Gasteiger partial charge in [0.2, 0.25) is 5.95 Å². The first-order valence-corrected chi connectivity index (χ1v) is 14.6. The molecule has 12 heteroatoms. The smallest absolute Gasteiger partial charge is 0.348 e. The minimum Gasteiger partial charge on any atom is -0.348 e. The Morgan fingerprint density at radius 3 is 2.13 bits per heavy atom. The largest absolute Gasteiger partial charge is 0.416 e. The molecule has 0 aliphatic carbocycles. The number of halogens is 3. The fourth-order valence-electron chi connectivity index (χ4n) is 5.37. The van der Waals surface area contributed by atoms with E-state index in [9.17, 15) is 27.6 Å². The number of hydrogen-bond acceptors (Lipinski definition) is 6. The Morgan fingerprint density at radius 1 is 0.804 bits per heavy atom. The van der Waals surface area contributed by atoms with Crippen LogP contribution < -0.4 is 15.8 Å². The second-order valence-corrected chi connectivity index (χ2v) is 10.9. The highest BCUT2D eigenvalue weighted by Gasteiger charge is 2.30. The van der Waals surface area contributed by atoms with E-state index in [0.717, 1.165) is 12.1 Å². The first kappa shape index (κ1) is 30.5. The van der Waals surface area contributed by atoms with E-state index in [2.05, 4.69) is 5.32 Å². The summed E-state index contributed by atoms with van der Waals surface area (Å²) < 4.78 is 39.9. The summed E-state index contributed by atoms with van der Waals surface area (Å²) in [6.45, 7) is 3.95. The highest BCUT2D eigenvalue weighted by atomic mass is 19.4. The number of alkyl halides is 3. The Kier molecular flexibility index (Phi) is 8.27. The number of aromatic nitrogens is 3. The number of nitrogens with one attached hydrogen (secondary N) is 1. The molecule has 46 heavy (non-hydrogen) atoms. The first-order chi connectivity index (χ1) is 22.1. The lowest BCUT2D eigenvalue weighted by Gasteiger charge is -2.35. The molecule has 1 aliphatic heterocycles. The minimum atomic E-state index is -4.43. The van der Waals surface area contributed by atoms with Crippen LogP contribution in [0, 0.1) is 6.92 Å². The van der Waals surface area contributed by atoms with Crippen LogP contribution in [0.5, 0.6) is 0 Å². The molecule has 9 nitrogen and oxygen atoms in total. The van der Waals surface area contributed by atoms with E-state index in [0.29, 0.717) is 71.2 Å². The van der Waals surface area contributed by atoms with Gasteiger partial charge in [-0.25, -0.2) is 4.98 Å². The van der Waals surface area contributed by atoms with Crippen LogP contribution in [-0.4, -0.2) is 57.4 Å². The number of hydrogen-bond donors (Lipinski definition) is 1. The predicted octanol–water partition coefficient (Wildman–Crippen LogP) is 5.00. The van der Waals surface area contributed by atoms with Crippen molar-refractivity contribution in [2.75, 3.05) is 31.1 Å². The van der Waals surface area contributed by atoms with Crippen LogP contribution >= 0.6 is 0 Å². The number of nitrogens with zero attached hydrogens (tertiary/aromatic N) is 5. The molecule has 0 unspecified atom stereocenters. The molecule has 0 radical (unpaired) electrons. The maximum atomic E-state index is 13.1. The van der Waals surface area contributed by atoms with Crippen molar-refractivity contribution in [2.24, 2.45) is 0 Å². The number of carbonyl (C=O) groups is 2. The zero-order valence-corrected chi connectivity index (χ0v) is 24.8. The van der Waals surface area contributed by atoms with Crippen LogP contribution in [0.4, 0.5) is 19.1 Å². The molecule has 0 bridgehead atoms. The van der Waals surface area contributed by atoms with E-state index in [1.54, 1.807) is 47.4 Å². The van der Waals surface area contributed by atoms with Gasteiger partial charge in [-0.3, -0.25) is 19.0 Å². The van der Waals surface area contributed by atoms with Crippen LogP contribution in [0.25, 0.3) is 16.7 Å². The molecule has 1 fully saturated rings. The van der Waals surface area contributed by atoms with Crippen LogP contribution in [-0.2, 0) is 12.7 Å². The molecule has 1 saturated heterocycles. The zero-order chi connectivity index (χ0) is 32.4. The van der Waals surface area contributed by atoms with E-state index in [1.807, 2.05) is 30.0 Å². The monoisotopic (exact) mass is 626 g/mol. The summed E-state index contributed by atoms with van der Waals surface area (Å²) in [6, 6.07) is 23.3. The first-order valence-electron chi connectivity index (χ1n) is 14.6. The van der Waals surface area contributed by atoms with Gasteiger partial charge in [0.1, 0.15) is 0 Å². The maximum absolute atomic E-state index is 13.1. The van der Waals surface area contributed by atoms with Gasteiger partial charge in [0.25, 0.3) is 17.4 Å². The number of carbonyl (C=O) groups excluding carboxylic acids is 2. The van der Waals surface area contributed by atoms with Crippen molar-refractivity contribution in [3.63, 3.8) is 0 Å². The summed E-state index contributed by atoms with van der Waals surface area (Å²) in [4.78, 5) is 52.1. The van der Waals surface area contributed by atoms with Gasteiger partial charge in [0.05, 0.1) is 16.9 Å². The molecule has 5 aromatic rings. The fraction of sp³-hybridized carbons (Fsp3) is 0.206. The van der Waals surface area contributed by atoms with Gasteiger partial charge in [-0.1, -0.05) is 30.3 Å². The number of piperazine rings is 1. The Morgan fingerprint density at radius 2 is 1.48 bits per heavy atom. The van der Waals surface area contributed by atoms with Crippen LogP contribution in [0.3, 0.4) is 0 Å². The Hall–Kier alpha value is -5.52. The predicted molar refractivity (Wildman–Crippen MR) is 167 cm³/mol. The third-order valence-corrected chi connectivity index (χ3v) is 7.92. The number of pyridine rings is 1. The highest BCUT2D eigenvalue weighted by molar-refractivity contribution is 5.95. The van der Waals surface area contributed by atoms with Crippen molar-refractivity contribution in [1.82, 2.24) is 24.8 Å². The number of aryl methyl sites for hydroxylation is 1. The van der Waals surface area contributed by atoms with Crippen molar-refractivity contribution in [2.45, 2.75) is 19.6 Å². The van der Waals surface area contributed by atoms with E-state index in [-0.39, 0.29) is 18.0 Å². The van der Waals surface area contributed by atoms with Crippen molar-refractivity contribution in [3.8, 4) is 5.69 Å². The van der Waals surface area contributed by atoms with E-state index in [4.69, 9.17) is 9.97 Å². The standard InChI is InChI=1S/C34H29F3N6O3/c1-22-28-15-16-29(44)43(27-13-9-24(10-14-27)31(45)38-21-23-7-11-26(12-8-23)34(35,36)37)30(28)40-33(39-22)42-19-17-41(18-20-42)32(46)25-5-3-2-4-6-25/h2-16H,17-21H2,1H3,(H,38,45). The highest BCUT2D eigenvalue weighted by Crippen LogP contribution is 2.29. The lowest BCUT2D eigenvalue weighted by atomic mass is 10.1. The Balaban J connectivity index is 1.19. The molecule has 0 spiro atoms. The summed E-state index contributed by atoms with van der Waals surface area (Å²) in [7, 11) is 0. The summed E-state index contributed by atoms with van der Waals surface area (Å²) in [5.74, 6) is 0.0129. The van der Waals surface area contributed by atoms with Gasteiger partial charge in [-0.15, -0.1) is 0 Å². The summed E-state index contributed by atoms with van der Waals surface area (Å²) >= 11 is 0. The van der Waals surface area contributed by atoms with Gasteiger partial charge in [-0.2, -0.15) is 18.2 Å². The Bertz CT molecular complexity index is 1950. The van der Waals surface area contributed by atoms with E-state index in [1.165, 1.54) is 22.8 Å². The van der Waals surface area contributed by atoms with Crippen molar-refractivity contribution in [3.05, 3.63) is 129 Å². The molecule has 234 valence electrons. The number of benzene rings is 3. The zero-order valence-electron chi connectivity index (χ0n) is 24.8. The average molecular weight is 627 g/mol. The van der Waals surface area contributed by atoms with Crippen LogP contribution in [0.1, 0.15) is 37.5 Å². The lowest BCUT2D eigenvalue weighted by Crippen LogP contribution is -2.49.